The lowest BCUT2D eigenvalue weighted by molar-refractivity contribution is -0.138. The van der Waals surface area contributed by atoms with Crippen LogP contribution in [0.15, 0.2) is 24.3 Å². The minimum absolute atomic E-state index is 0.340. The maximum absolute atomic E-state index is 11.4. The minimum Gasteiger partial charge on any atom is -0.480 e. The van der Waals surface area contributed by atoms with Crippen molar-refractivity contribution in [3.63, 3.8) is 0 Å². The van der Waals surface area contributed by atoms with Gasteiger partial charge in [-0.15, -0.1) is 0 Å². The number of rotatable bonds is 4. The van der Waals surface area contributed by atoms with Crippen LogP contribution in [0.25, 0.3) is 0 Å². The Morgan fingerprint density at radius 1 is 1.44 bits per heavy atom. The molecule has 2 rings (SSSR count). The van der Waals surface area contributed by atoms with Crippen LogP contribution in [0.4, 0.5) is 4.79 Å². The van der Waals surface area contributed by atoms with Crippen LogP contribution < -0.4 is 10.6 Å². The monoisotopic (exact) mass is 248 g/mol. The number of carbonyl (C=O) groups is 2. The van der Waals surface area contributed by atoms with Gasteiger partial charge in [-0.2, -0.15) is 0 Å². The lowest BCUT2D eigenvalue weighted by Crippen LogP contribution is -2.46. The van der Waals surface area contributed by atoms with Crippen molar-refractivity contribution in [2.75, 3.05) is 6.54 Å². The molecule has 0 aliphatic heterocycles. The highest BCUT2D eigenvalue weighted by Gasteiger charge is 2.25. The van der Waals surface area contributed by atoms with E-state index in [-0.39, 0.29) is 0 Å². The van der Waals surface area contributed by atoms with Gasteiger partial charge in [0.2, 0.25) is 0 Å². The van der Waals surface area contributed by atoms with E-state index in [9.17, 15) is 9.59 Å². The van der Waals surface area contributed by atoms with E-state index in [0.717, 1.165) is 6.42 Å². The molecule has 0 bridgehead atoms. The summed E-state index contributed by atoms with van der Waals surface area (Å²) in [4.78, 5) is 22.0. The predicted molar refractivity (Wildman–Crippen MR) is 66.5 cm³/mol. The average Bonchev–Trinajstić information content (AvgIpc) is 2.30. The Labute approximate surface area is 105 Å². The lowest BCUT2D eigenvalue weighted by atomic mass is 9.78. The average molecular weight is 248 g/mol. The summed E-state index contributed by atoms with van der Waals surface area (Å²) in [5.74, 6) is -0.703. The second kappa shape index (κ2) is 5.08. The summed E-state index contributed by atoms with van der Waals surface area (Å²) in [7, 11) is 0. The molecule has 0 fully saturated rings. The molecule has 0 saturated heterocycles. The first-order valence-electron chi connectivity index (χ1n) is 5.93. The highest BCUT2D eigenvalue weighted by Crippen LogP contribution is 2.33. The molecule has 1 aliphatic rings. The van der Waals surface area contributed by atoms with Crippen LogP contribution in [0.5, 0.6) is 0 Å². The zero-order chi connectivity index (χ0) is 13.1. The van der Waals surface area contributed by atoms with Crippen molar-refractivity contribution in [1.29, 1.82) is 0 Å². The number of urea groups is 1. The Bertz CT molecular complexity index is 473. The third-order valence-corrected chi connectivity index (χ3v) is 3.19. The summed E-state index contributed by atoms with van der Waals surface area (Å²) < 4.78 is 0. The molecular weight excluding hydrogens is 232 g/mol. The molecule has 1 aromatic rings. The van der Waals surface area contributed by atoms with Gasteiger partial charge in [0.1, 0.15) is 6.04 Å². The number of aliphatic carboxylic acids is 1. The van der Waals surface area contributed by atoms with Gasteiger partial charge in [0.15, 0.2) is 0 Å². The summed E-state index contributed by atoms with van der Waals surface area (Å²) in [6, 6.07) is 6.82. The minimum atomic E-state index is -1.04. The number of hydrogen-bond acceptors (Lipinski definition) is 2. The third kappa shape index (κ3) is 2.61. The van der Waals surface area contributed by atoms with Gasteiger partial charge < -0.3 is 15.7 Å². The van der Waals surface area contributed by atoms with Gasteiger partial charge in [-0.3, -0.25) is 4.79 Å². The number of nitrogens with one attached hydrogen (secondary N) is 2. The molecule has 0 aromatic heterocycles. The van der Waals surface area contributed by atoms with Crippen molar-refractivity contribution in [3.05, 3.63) is 35.4 Å². The number of amides is 2. The fourth-order valence-corrected chi connectivity index (χ4v) is 2.07. The number of carbonyl (C=O) groups excluding carboxylic acids is 1. The molecule has 1 aliphatic carbocycles. The molecule has 2 amide bonds. The van der Waals surface area contributed by atoms with E-state index in [2.05, 4.69) is 22.8 Å². The number of carboxylic acids is 1. The quantitative estimate of drug-likeness (QED) is 0.746. The molecular formula is C13H16N2O3. The van der Waals surface area contributed by atoms with Crippen molar-refractivity contribution in [3.8, 4) is 0 Å². The Morgan fingerprint density at radius 2 is 2.17 bits per heavy atom. The maximum Gasteiger partial charge on any atom is 0.325 e. The van der Waals surface area contributed by atoms with Gasteiger partial charge in [0.25, 0.3) is 0 Å². The van der Waals surface area contributed by atoms with Gasteiger partial charge in [-0.25, -0.2) is 4.79 Å². The van der Waals surface area contributed by atoms with Crippen LogP contribution in [0, 0.1) is 0 Å². The normalized spacial score (nSPS) is 18.2. The van der Waals surface area contributed by atoms with E-state index in [0.29, 0.717) is 12.5 Å². The van der Waals surface area contributed by atoms with Crippen LogP contribution >= 0.6 is 0 Å². The Morgan fingerprint density at radius 3 is 2.83 bits per heavy atom. The molecule has 5 nitrogen and oxygen atoms in total. The molecule has 1 aromatic carbocycles. The SMILES string of the molecule is C[C@@H](NC(=O)NCC1Cc2ccccc21)C(=O)O. The van der Waals surface area contributed by atoms with Gasteiger partial charge >= 0.3 is 12.0 Å². The van der Waals surface area contributed by atoms with Crippen molar-refractivity contribution < 1.29 is 14.7 Å². The number of fused-ring (bicyclic) bond motifs is 1. The Hall–Kier alpha value is -2.04. The zero-order valence-electron chi connectivity index (χ0n) is 10.1. The van der Waals surface area contributed by atoms with Crippen LogP contribution in [0.3, 0.4) is 0 Å². The lowest BCUT2D eigenvalue weighted by Gasteiger charge is -2.30. The number of hydrogen-bond donors (Lipinski definition) is 3. The third-order valence-electron chi connectivity index (χ3n) is 3.19. The molecule has 0 radical (unpaired) electrons. The molecule has 0 heterocycles. The van der Waals surface area contributed by atoms with Crippen LogP contribution in [0.1, 0.15) is 24.0 Å². The van der Waals surface area contributed by atoms with Crippen molar-refractivity contribution in [2.24, 2.45) is 0 Å². The molecule has 0 spiro atoms. The first-order valence-corrected chi connectivity index (χ1v) is 5.93. The van der Waals surface area contributed by atoms with Crippen molar-refractivity contribution in [2.45, 2.75) is 25.3 Å². The van der Waals surface area contributed by atoms with Crippen LogP contribution in [0.2, 0.25) is 0 Å². The highest BCUT2D eigenvalue weighted by atomic mass is 16.4. The topological polar surface area (TPSA) is 78.4 Å². The van der Waals surface area contributed by atoms with E-state index in [1.807, 2.05) is 12.1 Å². The second-order valence-electron chi connectivity index (χ2n) is 4.51. The fourth-order valence-electron chi connectivity index (χ4n) is 2.07. The van der Waals surface area contributed by atoms with Gasteiger partial charge in [0.05, 0.1) is 0 Å². The molecule has 0 saturated carbocycles. The molecule has 96 valence electrons. The van der Waals surface area contributed by atoms with Gasteiger partial charge in [-0.1, -0.05) is 24.3 Å². The highest BCUT2D eigenvalue weighted by molar-refractivity contribution is 5.82. The Balaban J connectivity index is 1.77. The van der Waals surface area contributed by atoms with Gasteiger partial charge in [0, 0.05) is 12.5 Å². The van der Waals surface area contributed by atoms with E-state index in [1.54, 1.807) is 0 Å². The summed E-state index contributed by atoms with van der Waals surface area (Å²) in [6.45, 7) is 1.97. The second-order valence-corrected chi connectivity index (χ2v) is 4.51. The molecule has 2 atom stereocenters. The van der Waals surface area contributed by atoms with Crippen molar-refractivity contribution >= 4 is 12.0 Å². The van der Waals surface area contributed by atoms with E-state index in [4.69, 9.17) is 5.11 Å². The predicted octanol–water partition coefficient (Wildman–Crippen LogP) is 1.10. The summed E-state index contributed by atoms with van der Waals surface area (Å²) in [6.07, 6.45) is 0.963. The number of carboxylic acid groups (broad SMARTS) is 1. The summed E-state index contributed by atoms with van der Waals surface area (Å²) in [5, 5.41) is 13.7. The van der Waals surface area contributed by atoms with Crippen LogP contribution in [-0.2, 0) is 11.2 Å². The van der Waals surface area contributed by atoms with Gasteiger partial charge in [-0.05, 0) is 24.5 Å². The summed E-state index contributed by atoms with van der Waals surface area (Å²) in [5.41, 5.74) is 2.59. The largest absolute Gasteiger partial charge is 0.480 e. The number of benzene rings is 1. The molecule has 1 unspecified atom stereocenters. The summed E-state index contributed by atoms with van der Waals surface area (Å²) >= 11 is 0. The first-order chi connectivity index (χ1) is 8.58. The van der Waals surface area contributed by atoms with Crippen molar-refractivity contribution in [1.82, 2.24) is 10.6 Å². The first kappa shape index (κ1) is 12.4. The fraction of sp³-hybridized carbons (Fsp3) is 0.385. The van der Waals surface area contributed by atoms with E-state index < -0.39 is 18.0 Å². The zero-order valence-corrected chi connectivity index (χ0v) is 10.1. The smallest absolute Gasteiger partial charge is 0.325 e. The Kier molecular flexibility index (Phi) is 3.50. The molecule has 3 N–H and O–H groups in total. The van der Waals surface area contributed by atoms with Crippen LogP contribution in [-0.4, -0.2) is 29.7 Å². The maximum atomic E-state index is 11.4. The van der Waals surface area contributed by atoms with E-state index in [1.165, 1.54) is 18.1 Å². The molecule has 18 heavy (non-hydrogen) atoms. The van der Waals surface area contributed by atoms with E-state index >= 15 is 0 Å². The molecule has 5 heteroatoms. The standard InChI is InChI=1S/C13H16N2O3/c1-8(12(16)17)15-13(18)14-7-10-6-9-4-2-3-5-11(9)10/h2-5,8,10H,6-7H2,1H3,(H,16,17)(H2,14,15,18)/t8-,10?/m1/s1.